The molecule has 0 radical (unpaired) electrons. The quantitative estimate of drug-likeness (QED) is 0.871. The summed E-state index contributed by atoms with van der Waals surface area (Å²) in [4.78, 5) is 0. The number of aryl methyl sites for hydroxylation is 1. The fourth-order valence-corrected chi connectivity index (χ4v) is 2.79. The van der Waals surface area contributed by atoms with Crippen molar-refractivity contribution in [2.75, 3.05) is 7.11 Å². The fraction of sp³-hybridized carbons (Fsp3) is 0.600. The van der Waals surface area contributed by atoms with E-state index in [1.807, 2.05) is 0 Å². The van der Waals surface area contributed by atoms with Crippen LogP contribution in [-0.2, 0) is 11.2 Å². The Morgan fingerprint density at radius 2 is 2.00 bits per heavy atom. The first kappa shape index (κ1) is 12.6. The monoisotopic (exact) mass is 234 g/mol. The molecule has 0 spiro atoms. The van der Waals surface area contributed by atoms with Crippen LogP contribution in [0, 0.1) is 6.92 Å². The van der Waals surface area contributed by atoms with Crippen molar-refractivity contribution in [2.45, 2.75) is 50.7 Å². The van der Waals surface area contributed by atoms with Crippen LogP contribution in [0.5, 0.6) is 0 Å². The van der Waals surface area contributed by atoms with Crippen LogP contribution in [0.3, 0.4) is 0 Å². The smallest absolute Gasteiger partial charge is 0.0948 e. The van der Waals surface area contributed by atoms with Gasteiger partial charge in [0.05, 0.1) is 11.7 Å². The third-order valence-corrected chi connectivity index (χ3v) is 3.84. The molecule has 0 saturated heterocycles. The van der Waals surface area contributed by atoms with Gasteiger partial charge >= 0.3 is 0 Å². The van der Waals surface area contributed by atoms with E-state index in [0.29, 0.717) is 6.42 Å². The first-order valence-corrected chi connectivity index (χ1v) is 6.45. The summed E-state index contributed by atoms with van der Waals surface area (Å²) < 4.78 is 5.45. The van der Waals surface area contributed by atoms with Crippen LogP contribution in [0.25, 0.3) is 0 Å². The van der Waals surface area contributed by atoms with Crippen molar-refractivity contribution >= 4 is 0 Å². The minimum Gasteiger partial charge on any atom is -0.387 e. The van der Waals surface area contributed by atoms with Gasteiger partial charge in [-0.1, -0.05) is 42.7 Å². The molecule has 1 saturated carbocycles. The SMILES string of the molecule is COC1CCCCC1(O)Cc1ccc(C)cc1. The predicted molar refractivity (Wildman–Crippen MR) is 69.1 cm³/mol. The molecule has 2 heteroatoms. The third-order valence-electron chi connectivity index (χ3n) is 3.84. The van der Waals surface area contributed by atoms with Crippen LogP contribution < -0.4 is 0 Å². The molecule has 1 aliphatic carbocycles. The molecule has 1 aromatic rings. The van der Waals surface area contributed by atoms with Gasteiger partial charge in [0.2, 0.25) is 0 Å². The molecule has 2 atom stereocenters. The van der Waals surface area contributed by atoms with E-state index < -0.39 is 5.60 Å². The highest BCUT2D eigenvalue weighted by Crippen LogP contribution is 2.33. The van der Waals surface area contributed by atoms with Crippen LogP contribution in [0.2, 0.25) is 0 Å². The second-order valence-corrected chi connectivity index (χ2v) is 5.24. The Kier molecular flexibility index (Phi) is 3.85. The summed E-state index contributed by atoms with van der Waals surface area (Å²) in [6.07, 6.45) is 4.76. The Morgan fingerprint density at radius 3 is 2.65 bits per heavy atom. The van der Waals surface area contributed by atoms with E-state index in [9.17, 15) is 5.11 Å². The summed E-state index contributed by atoms with van der Waals surface area (Å²) in [6, 6.07) is 8.41. The Bertz CT molecular complexity index is 358. The molecule has 94 valence electrons. The van der Waals surface area contributed by atoms with Gasteiger partial charge in [0.15, 0.2) is 0 Å². The van der Waals surface area contributed by atoms with Gasteiger partial charge in [-0.25, -0.2) is 0 Å². The van der Waals surface area contributed by atoms with Gasteiger partial charge in [-0.2, -0.15) is 0 Å². The number of rotatable bonds is 3. The second-order valence-electron chi connectivity index (χ2n) is 5.24. The first-order chi connectivity index (χ1) is 8.14. The molecule has 1 aromatic carbocycles. The standard InChI is InChI=1S/C15H22O2/c1-12-6-8-13(9-7-12)11-15(16)10-4-3-5-14(15)17-2/h6-9,14,16H,3-5,10-11H2,1-2H3. The first-order valence-electron chi connectivity index (χ1n) is 6.45. The maximum atomic E-state index is 10.7. The predicted octanol–water partition coefficient (Wildman–Crippen LogP) is 2.86. The van der Waals surface area contributed by atoms with E-state index in [1.54, 1.807) is 7.11 Å². The lowest BCUT2D eigenvalue weighted by Crippen LogP contribution is -2.47. The molecule has 0 aliphatic heterocycles. The molecule has 2 rings (SSSR count). The number of benzene rings is 1. The molecule has 1 N–H and O–H groups in total. The maximum absolute atomic E-state index is 10.7. The van der Waals surface area contributed by atoms with Crippen LogP contribution in [0.4, 0.5) is 0 Å². The van der Waals surface area contributed by atoms with Crippen molar-refractivity contribution in [1.29, 1.82) is 0 Å². The number of methoxy groups -OCH3 is 1. The molecule has 2 nitrogen and oxygen atoms in total. The van der Waals surface area contributed by atoms with Gasteiger partial charge in [0, 0.05) is 13.5 Å². The topological polar surface area (TPSA) is 29.5 Å². The van der Waals surface area contributed by atoms with Crippen molar-refractivity contribution in [3.63, 3.8) is 0 Å². The fourth-order valence-electron chi connectivity index (χ4n) is 2.79. The van der Waals surface area contributed by atoms with E-state index in [0.717, 1.165) is 25.7 Å². The third kappa shape index (κ3) is 2.88. The van der Waals surface area contributed by atoms with Crippen molar-refractivity contribution in [3.8, 4) is 0 Å². The minimum atomic E-state index is -0.678. The molecule has 0 aromatic heterocycles. The summed E-state index contributed by atoms with van der Waals surface area (Å²) in [5.74, 6) is 0. The Balaban J connectivity index is 2.11. The average Bonchev–Trinajstić information content (AvgIpc) is 2.32. The van der Waals surface area contributed by atoms with Gasteiger partial charge in [-0.05, 0) is 25.3 Å². The maximum Gasteiger partial charge on any atom is 0.0948 e. The zero-order valence-corrected chi connectivity index (χ0v) is 10.8. The van der Waals surface area contributed by atoms with E-state index in [4.69, 9.17) is 4.74 Å². The largest absolute Gasteiger partial charge is 0.387 e. The molecular weight excluding hydrogens is 212 g/mol. The lowest BCUT2D eigenvalue weighted by atomic mass is 9.78. The summed E-state index contributed by atoms with van der Waals surface area (Å²) in [6.45, 7) is 2.08. The Morgan fingerprint density at radius 1 is 1.29 bits per heavy atom. The molecule has 1 aliphatic rings. The van der Waals surface area contributed by atoms with Crippen molar-refractivity contribution in [2.24, 2.45) is 0 Å². The number of hydrogen-bond donors (Lipinski definition) is 1. The van der Waals surface area contributed by atoms with Crippen LogP contribution in [0.1, 0.15) is 36.8 Å². The van der Waals surface area contributed by atoms with Crippen molar-refractivity contribution < 1.29 is 9.84 Å². The van der Waals surface area contributed by atoms with Crippen LogP contribution in [-0.4, -0.2) is 23.9 Å². The number of ether oxygens (including phenoxy) is 1. The molecule has 1 fully saturated rings. The number of hydrogen-bond acceptors (Lipinski definition) is 2. The highest BCUT2D eigenvalue weighted by molar-refractivity contribution is 5.23. The molecule has 0 bridgehead atoms. The molecule has 17 heavy (non-hydrogen) atoms. The van der Waals surface area contributed by atoms with E-state index in [-0.39, 0.29) is 6.10 Å². The molecule has 2 unspecified atom stereocenters. The number of aliphatic hydroxyl groups is 1. The average molecular weight is 234 g/mol. The molecule has 0 amide bonds. The lowest BCUT2D eigenvalue weighted by molar-refractivity contribution is -0.116. The lowest BCUT2D eigenvalue weighted by Gasteiger charge is -2.39. The zero-order valence-electron chi connectivity index (χ0n) is 10.8. The summed E-state index contributed by atoms with van der Waals surface area (Å²) in [5.41, 5.74) is 1.78. The van der Waals surface area contributed by atoms with Crippen LogP contribution in [0.15, 0.2) is 24.3 Å². The van der Waals surface area contributed by atoms with Crippen molar-refractivity contribution in [3.05, 3.63) is 35.4 Å². The van der Waals surface area contributed by atoms with E-state index >= 15 is 0 Å². The highest BCUT2D eigenvalue weighted by atomic mass is 16.5. The molecule has 0 heterocycles. The van der Waals surface area contributed by atoms with Crippen molar-refractivity contribution in [1.82, 2.24) is 0 Å². The normalized spacial score (nSPS) is 29.2. The van der Waals surface area contributed by atoms with E-state index in [2.05, 4.69) is 31.2 Å². The zero-order chi connectivity index (χ0) is 12.3. The summed E-state index contributed by atoms with van der Waals surface area (Å²) in [5, 5.41) is 10.7. The van der Waals surface area contributed by atoms with Gasteiger partial charge < -0.3 is 9.84 Å². The van der Waals surface area contributed by atoms with Gasteiger partial charge in [-0.15, -0.1) is 0 Å². The van der Waals surface area contributed by atoms with E-state index in [1.165, 1.54) is 11.1 Å². The summed E-state index contributed by atoms with van der Waals surface area (Å²) >= 11 is 0. The molecular formula is C15H22O2. The minimum absolute atomic E-state index is 0.0162. The Hall–Kier alpha value is -0.860. The van der Waals surface area contributed by atoms with Gasteiger partial charge in [-0.3, -0.25) is 0 Å². The Labute approximate surface area is 104 Å². The van der Waals surface area contributed by atoms with Crippen LogP contribution >= 0.6 is 0 Å². The van der Waals surface area contributed by atoms with Gasteiger partial charge in [0.1, 0.15) is 0 Å². The summed E-state index contributed by atoms with van der Waals surface area (Å²) in [7, 11) is 1.70. The highest BCUT2D eigenvalue weighted by Gasteiger charge is 2.39. The second kappa shape index (κ2) is 5.19. The van der Waals surface area contributed by atoms with Gasteiger partial charge in [0.25, 0.3) is 0 Å².